The molecule has 0 saturated carbocycles. The summed E-state index contributed by atoms with van der Waals surface area (Å²) in [6.07, 6.45) is 3.01. The van der Waals surface area contributed by atoms with E-state index in [9.17, 15) is 4.79 Å². The lowest BCUT2D eigenvalue weighted by molar-refractivity contribution is -0.135. The van der Waals surface area contributed by atoms with Gasteiger partial charge in [-0.05, 0) is 42.7 Å². The van der Waals surface area contributed by atoms with E-state index >= 15 is 0 Å². The lowest BCUT2D eigenvalue weighted by atomic mass is 10.2. The Balaban J connectivity index is 2.67. The van der Waals surface area contributed by atoms with Gasteiger partial charge in [0.15, 0.2) is 0 Å². The Hall–Kier alpha value is -0.870. The topological polar surface area (TPSA) is 40.5 Å². The Kier molecular flexibility index (Phi) is 6.22. The molecule has 0 aliphatic heterocycles. The second kappa shape index (κ2) is 7.45. The minimum absolute atomic E-state index is 0.0238. The van der Waals surface area contributed by atoms with Crippen molar-refractivity contribution in [3.8, 4) is 0 Å². The van der Waals surface area contributed by atoms with Crippen LogP contribution in [0.5, 0.6) is 0 Å². The standard InChI is InChI=1S/C12H16ClNO2S/c1-17-8-2-7-14(9-12(15)16)11-5-3-10(13)4-6-11/h3-6H,2,7-9H2,1H3,(H,15,16). The molecular formula is C12H16ClNO2S. The van der Waals surface area contributed by atoms with Crippen LogP contribution in [0, 0.1) is 0 Å². The normalized spacial score (nSPS) is 10.2. The van der Waals surface area contributed by atoms with Crippen LogP contribution in [0.15, 0.2) is 24.3 Å². The number of rotatable bonds is 7. The van der Waals surface area contributed by atoms with Crippen molar-refractivity contribution in [2.75, 3.05) is 30.0 Å². The maximum absolute atomic E-state index is 10.8. The molecule has 1 N–H and O–H groups in total. The number of hydrogen-bond acceptors (Lipinski definition) is 3. The zero-order valence-corrected chi connectivity index (χ0v) is 11.3. The summed E-state index contributed by atoms with van der Waals surface area (Å²) in [5.74, 6) is 0.216. The van der Waals surface area contributed by atoms with Crippen LogP contribution in [0.25, 0.3) is 0 Å². The highest BCUT2D eigenvalue weighted by molar-refractivity contribution is 7.98. The maximum atomic E-state index is 10.8. The van der Waals surface area contributed by atoms with Gasteiger partial charge >= 0.3 is 5.97 Å². The van der Waals surface area contributed by atoms with Crippen LogP contribution in [0.4, 0.5) is 5.69 Å². The predicted octanol–water partition coefficient (Wildman–Crippen LogP) is 2.98. The van der Waals surface area contributed by atoms with Gasteiger partial charge in [-0.2, -0.15) is 11.8 Å². The third-order valence-electron chi connectivity index (χ3n) is 2.29. The number of thioether (sulfide) groups is 1. The molecule has 0 unspecified atom stereocenters. The number of carboxylic acid groups (broad SMARTS) is 1. The fourth-order valence-corrected chi connectivity index (χ4v) is 2.06. The summed E-state index contributed by atoms with van der Waals surface area (Å²) in [4.78, 5) is 12.7. The lowest BCUT2D eigenvalue weighted by Crippen LogP contribution is -2.30. The molecule has 5 heteroatoms. The van der Waals surface area contributed by atoms with E-state index in [1.165, 1.54) is 0 Å². The molecule has 17 heavy (non-hydrogen) atoms. The number of halogens is 1. The fraction of sp³-hybridized carbons (Fsp3) is 0.417. The summed E-state index contributed by atoms with van der Waals surface area (Å²) < 4.78 is 0. The summed E-state index contributed by atoms with van der Waals surface area (Å²) in [6, 6.07) is 7.26. The molecule has 0 spiro atoms. The highest BCUT2D eigenvalue weighted by atomic mass is 35.5. The quantitative estimate of drug-likeness (QED) is 0.776. The van der Waals surface area contributed by atoms with Gasteiger partial charge in [-0.1, -0.05) is 11.6 Å². The Morgan fingerprint density at radius 1 is 1.41 bits per heavy atom. The van der Waals surface area contributed by atoms with E-state index < -0.39 is 5.97 Å². The minimum atomic E-state index is -0.816. The summed E-state index contributed by atoms with van der Waals surface area (Å²) in [6.45, 7) is 0.769. The zero-order chi connectivity index (χ0) is 12.7. The van der Waals surface area contributed by atoms with Crippen LogP contribution < -0.4 is 4.90 Å². The van der Waals surface area contributed by atoms with Crippen molar-refractivity contribution < 1.29 is 9.90 Å². The first kappa shape index (κ1) is 14.2. The van der Waals surface area contributed by atoms with Crippen LogP contribution in [0.2, 0.25) is 5.02 Å². The first-order valence-electron chi connectivity index (χ1n) is 5.34. The molecule has 0 aliphatic carbocycles. The van der Waals surface area contributed by atoms with E-state index in [0.717, 1.165) is 24.4 Å². The van der Waals surface area contributed by atoms with E-state index in [4.69, 9.17) is 16.7 Å². The van der Waals surface area contributed by atoms with Crippen LogP contribution in [-0.4, -0.2) is 36.2 Å². The highest BCUT2D eigenvalue weighted by Gasteiger charge is 2.10. The van der Waals surface area contributed by atoms with Crippen molar-refractivity contribution in [1.29, 1.82) is 0 Å². The third kappa shape index (κ3) is 5.33. The van der Waals surface area contributed by atoms with E-state index in [0.29, 0.717) is 5.02 Å². The first-order chi connectivity index (χ1) is 8.13. The number of carboxylic acids is 1. The van der Waals surface area contributed by atoms with E-state index in [-0.39, 0.29) is 6.54 Å². The highest BCUT2D eigenvalue weighted by Crippen LogP contribution is 2.18. The average molecular weight is 274 g/mol. The molecule has 1 rings (SSSR count). The van der Waals surface area contributed by atoms with Gasteiger partial charge in [-0.15, -0.1) is 0 Å². The van der Waals surface area contributed by atoms with Crippen molar-refractivity contribution in [2.24, 2.45) is 0 Å². The fourth-order valence-electron chi connectivity index (χ4n) is 1.51. The Labute approximate surface area is 111 Å². The van der Waals surface area contributed by atoms with Gasteiger partial charge in [0, 0.05) is 17.3 Å². The number of aliphatic carboxylic acids is 1. The van der Waals surface area contributed by atoms with Crippen LogP contribution in [-0.2, 0) is 4.79 Å². The molecule has 0 amide bonds. The lowest BCUT2D eigenvalue weighted by Gasteiger charge is -2.22. The summed E-state index contributed by atoms with van der Waals surface area (Å²) >= 11 is 7.58. The second-order valence-corrected chi connectivity index (χ2v) is 5.06. The Bertz CT molecular complexity index is 356. The first-order valence-corrected chi connectivity index (χ1v) is 7.12. The second-order valence-electron chi connectivity index (χ2n) is 3.64. The summed E-state index contributed by atoms with van der Waals surface area (Å²) in [5.41, 5.74) is 0.901. The molecule has 0 radical (unpaired) electrons. The van der Waals surface area contributed by atoms with Crippen LogP contribution in [0.1, 0.15) is 6.42 Å². The molecular weight excluding hydrogens is 258 g/mol. The molecule has 0 bridgehead atoms. The zero-order valence-electron chi connectivity index (χ0n) is 9.73. The van der Waals surface area contributed by atoms with Gasteiger partial charge in [-0.3, -0.25) is 4.79 Å². The largest absolute Gasteiger partial charge is 0.480 e. The van der Waals surface area contributed by atoms with Crippen molar-refractivity contribution in [3.63, 3.8) is 0 Å². The smallest absolute Gasteiger partial charge is 0.323 e. The summed E-state index contributed by atoms with van der Waals surface area (Å²) in [7, 11) is 0. The number of nitrogens with zero attached hydrogens (tertiary/aromatic N) is 1. The molecule has 0 aromatic heterocycles. The molecule has 94 valence electrons. The molecule has 0 aliphatic rings. The minimum Gasteiger partial charge on any atom is -0.480 e. The molecule has 0 atom stereocenters. The van der Waals surface area contributed by atoms with Crippen LogP contribution in [0.3, 0.4) is 0 Å². The number of carbonyl (C=O) groups is 1. The molecule has 0 heterocycles. The average Bonchev–Trinajstić information content (AvgIpc) is 2.28. The van der Waals surface area contributed by atoms with E-state index in [2.05, 4.69) is 0 Å². The van der Waals surface area contributed by atoms with Crippen LogP contribution >= 0.6 is 23.4 Å². The van der Waals surface area contributed by atoms with Gasteiger partial charge in [0.1, 0.15) is 6.54 Å². The number of anilines is 1. The van der Waals surface area contributed by atoms with Crippen molar-refractivity contribution in [3.05, 3.63) is 29.3 Å². The van der Waals surface area contributed by atoms with E-state index in [1.807, 2.05) is 23.3 Å². The molecule has 0 saturated heterocycles. The SMILES string of the molecule is CSCCCN(CC(=O)O)c1ccc(Cl)cc1. The van der Waals surface area contributed by atoms with Crippen molar-refractivity contribution in [2.45, 2.75) is 6.42 Å². The molecule has 3 nitrogen and oxygen atoms in total. The number of hydrogen-bond donors (Lipinski definition) is 1. The van der Waals surface area contributed by atoms with Gasteiger partial charge < -0.3 is 10.0 Å². The van der Waals surface area contributed by atoms with Crippen molar-refractivity contribution in [1.82, 2.24) is 0 Å². The molecule has 1 aromatic rings. The Morgan fingerprint density at radius 3 is 2.59 bits per heavy atom. The number of benzene rings is 1. The third-order valence-corrected chi connectivity index (χ3v) is 3.24. The van der Waals surface area contributed by atoms with Gasteiger partial charge in [-0.25, -0.2) is 0 Å². The van der Waals surface area contributed by atoms with Gasteiger partial charge in [0.25, 0.3) is 0 Å². The van der Waals surface area contributed by atoms with Gasteiger partial charge in [0.2, 0.25) is 0 Å². The maximum Gasteiger partial charge on any atom is 0.323 e. The molecule has 1 aromatic carbocycles. The predicted molar refractivity (Wildman–Crippen MR) is 74.3 cm³/mol. The Morgan fingerprint density at radius 2 is 2.06 bits per heavy atom. The van der Waals surface area contributed by atoms with E-state index in [1.54, 1.807) is 23.9 Å². The molecule has 0 fully saturated rings. The monoisotopic (exact) mass is 273 g/mol. The van der Waals surface area contributed by atoms with Gasteiger partial charge in [0.05, 0.1) is 0 Å². The summed E-state index contributed by atoms with van der Waals surface area (Å²) in [5, 5.41) is 9.54. The van der Waals surface area contributed by atoms with Crippen molar-refractivity contribution >= 4 is 35.0 Å².